The van der Waals surface area contributed by atoms with E-state index in [-0.39, 0.29) is 17.0 Å². The minimum Gasteiger partial charge on any atom is -0.477 e. The van der Waals surface area contributed by atoms with E-state index in [1.54, 1.807) is 6.20 Å². The fourth-order valence-electron chi connectivity index (χ4n) is 2.11. The van der Waals surface area contributed by atoms with Crippen LogP contribution in [-0.4, -0.2) is 60.2 Å². The summed E-state index contributed by atoms with van der Waals surface area (Å²) in [5, 5.41) is 19.8. The van der Waals surface area contributed by atoms with E-state index in [1.807, 2.05) is 0 Å². The second-order valence-electron chi connectivity index (χ2n) is 4.29. The van der Waals surface area contributed by atoms with Crippen molar-refractivity contribution < 1.29 is 14.7 Å². The summed E-state index contributed by atoms with van der Waals surface area (Å²) in [7, 11) is 0. The van der Waals surface area contributed by atoms with E-state index in [2.05, 4.69) is 15.4 Å². The van der Waals surface area contributed by atoms with E-state index in [0.29, 0.717) is 22.1 Å². The molecule has 2 atom stereocenters. The molecule has 1 saturated heterocycles. The largest absolute Gasteiger partial charge is 0.477 e. The first kappa shape index (κ1) is 13.5. The number of H-pyrrole nitrogens is 1. The second kappa shape index (κ2) is 5.11. The number of amides is 1. The minimum atomic E-state index is -1.09. The lowest BCUT2D eigenvalue weighted by Gasteiger charge is -2.48. The van der Waals surface area contributed by atoms with Crippen molar-refractivity contribution in [1.29, 1.82) is 0 Å². The van der Waals surface area contributed by atoms with E-state index in [1.165, 1.54) is 28.4 Å². The van der Waals surface area contributed by atoms with E-state index in [0.717, 1.165) is 0 Å². The molecule has 10 heteroatoms. The highest BCUT2D eigenvalue weighted by atomic mass is 32.2. The van der Waals surface area contributed by atoms with Crippen LogP contribution in [0.3, 0.4) is 0 Å². The van der Waals surface area contributed by atoms with Crippen LogP contribution < -0.4 is 5.73 Å². The number of aromatic amines is 1. The fourth-order valence-corrected chi connectivity index (χ4v) is 4.33. The van der Waals surface area contributed by atoms with Gasteiger partial charge in [0.15, 0.2) is 0 Å². The van der Waals surface area contributed by atoms with E-state index in [9.17, 15) is 14.7 Å². The number of β-lactam (4-membered cyclic amide) rings is 1. The van der Waals surface area contributed by atoms with Gasteiger partial charge in [0.25, 0.3) is 0 Å². The van der Waals surface area contributed by atoms with Crippen molar-refractivity contribution in [2.45, 2.75) is 16.4 Å². The minimum absolute atomic E-state index is 0.0662. The first-order valence-electron chi connectivity index (χ1n) is 5.73. The number of carbonyl (C=O) groups is 2. The topological polar surface area (TPSA) is 125 Å². The number of aliphatic carboxylic acids is 1. The van der Waals surface area contributed by atoms with Crippen LogP contribution in [0.15, 0.2) is 22.5 Å². The van der Waals surface area contributed by atoms with Gasteiger partial charge in [-0.3, -0.25) is 9.69 Å². The third-order valence-electron chi connectivity index (χ3n) is 3.08. The second-order valence-corrected chi connectivity index (χ2v) is 6.39. The van der Waals surface area contributed by atoms with Gasteiger partial charge in [-0.1, -0.05) is 11.8 Å². The Kier molecular flexibility index (Phi) is 3.44. The molecule has 0 unspecified atom stereocenters. The standard InChI is InChI=1S/C10H11N5O3S2/c11-6-8(16)15-7(10(17)18)4(3-20-9(6)15)2-19-5-1-12-14-13-5/h1,6,9H,2-3,11H2,(H,17,18)(H,12,13,14)/t6-,9-/m1/s1. The van der Waals surface area contributed by atoms with Crippen molar-refractivity contribution >= 4 is 35.4 Å². The molecule has 0 aromatic carbocycles. The molecule has 20 heavy (non-hydrogen) atoms. The summed E-state index contributed by atoms with van der Waals surface area (Å²) in [6.45, 7) is 0. The first-order valence-corrected chi connectivity index (χ1v) is 7.77. The molecular weight excluding hydrogens is 302 g/mol. The van der Waals surface area contributed by atoms with Gasteiger partial charge in [0.1, 0.15) is 22.1 Å². The predicted molar refractivity (Wildman–Crippen MR) is 72.8 cm³/mol. The van der Waals surface area contributed by atoms with E-state index < -0.39 is 12.0 Å². The van der Waals surface area contributed by atoms with Crippen molar-refractivity contribution in [3.63, 3.8) is 0 Å². The van der Waals surface area contributed by atoms with Crippen LogP contribution in [0.2, 0.25) is 0 Å². The van der Waals surface area contributed by atoms with Gasteiger partial charge >= 0.3 is 5.97 Å². The van der Waals surface area contributed by atoms with Gasteiger partial charge < -0.3 is 10.8 Å². The van der Waals surface area contributed by atoms with Gasteiger partial charge in [-0.2, -0.15) is 10.3 Å². The molecule has 0 spiro atoms. The maximum Gasteiger partial charge on any atom is 0.352 e. The van der Waals surface area contributed by atoms with Crippen molar-refractivity contribution in [2.24, 2.45) is 5.73 Å². The highest BCUT2D eigenvalue weighted by Gasteiger charge is 2.51. The van der Waals surface area contributed by atoms with Crippen LogP contribution in [0.4, 0.5) is 0 Å². The van der Waals surface area contributed by atoms with Crippen molar-refractivity contribution in [2.75, 3.05) is 11.5 Å². The van der Waals surface area contributed by atoms with Crippen LogP contribution in [0, 0.1) is 0 Å². The number of thioether (sulfide) groups is 2. The van der Waals surface area contributed by atoms with Crippen LogP contribution in [0.1, 0.15) is 0 Å². The Labute approximate surface area is 122 Å². The number of rotatable bonds is 4. The number of aromatic nitrogens is 3. The Morgan fingerprint density at radius 2 is 2.50 bits per heavy atom. The van der Waals surface area contributed by atoms with E-state index >= 15 is 0 Å². The molecular formula is C10H11N5O3S2. The number of nitrogens with zero attached hydrogens (tertiary/aromatic N) is 3. The zero-order valence-corrected chi connectivity index (χ0v) is 11.8. The highest BCUT2D eigenvalue weighted by molar-refractivity contribution is 8.01. The number of nitrogens with two attached hydrogens (primary N) is 1. The average molecular weight is 313 g/mol. The van der Waals surface area contributed by atoms with E-state index in [4.69, 9.17) is 5.73 Å². The fraction of sp³-hybridized carbons (Fsp3) is 0.400. The molecule has 1 fully saturated rings. The lowest BCUT2D eigenvalue weighted by molar-refractivity contribution is -0.147. The number of carboxylic acids is 1. The van der Waals surface area contributed by atoms with Crippen molar-refractivity contribution in [3.8, 4) is 0 Å². The summed E-state index contributed by atoms with van der Waals surface area (Å²) in [5.74, 6) is -0.420. The third kappa shape index (κ3) is 2.09. The smallest absolute Gasteiger partial charge is 0.352 e. The summed E-state index contributed by atoms with van der Waals surface area (Å²) in [5.41, 5.74) is 6.45. The Morgan fingerprint density at radius 3 is 3.15 bits per heavy atom. The third-order valence-corrected chi connectivity index (χ3v) is 5.42. The number of nitrogens with one attached hydrogen (secondary N) is 1. The maximum atomic E-state index is 11.7. The summed E-state index contributed by atoms with van der Waals surface area (Å²) in [6.07, 6.45) is 1.56. The Bertz CT molecular complexity index is 588. The number of carboxylic acid groups (broad SMARTS) is 1. The van der Waals surface area contributed by atoms with Gasteiger partial charge in [0, 0.05) is 11.5 Å². The number of hydrogen-bond acceptors (Lipinski definition) is 7. The lowest BCUT2D eigenvalue weighted by atomic mass is 10.0. The monoisotopic (exact) mass is 313 g/mol. The molecule has 2 aliphatic heterocycles. The summed E-state index contributed by atoms with van der Waals surface area (Å²) < 4.78 is 0. The molecule has 0 saturated carbocycles. The number of carbonyl (C=O) groups excluding carboxylic acids is 1. The zero-order chi connectivity index (χ0) is 14.3. The molecule has 4 N–H and O–H groups in total. The quantitative estimate of drug-likeness (QED) is 0.501. The van der Waals surface area contributed by atoms with Crippen LogP contribution in [0.25, 0.3) is 0 Å². The molecule has 0 aliphatic carbocycles. The zero-order valence-electron chi connectivity index (χ0n) is 10.1. The molecule has 2 aliphatic rings. The molecule has 3 rings (SSSR count). The lowest BCUT2D eigenvalue weighted by Crippen LogP contribution is -2.68. The molecule has 0 bridgehead atoms. The van der Waals surface area contributed by atoms with Crippen LogP contribution in [-0.2, 0) is 9.59 Å². The first-order chi connectivity index (χ1) is 9.59. The van der Waals surface area contributed by atoms with Gasteiger partial charge in [0.2, 0.25) is 5.91 Å². The Morgan fingerprint density at radius 1 is 1.70 bits per heavy atom. The number of fused-ring (bicyclic) bond motifs is 1. The summed E-state index contributed by atoms with van der Waals surface area (Å²) in [6, 6.07) is -0.598. The van der Waals surface area contributed by atoms with Gasteiger partial charge in [-0.05, 0) is 5.57 Å². The number of hydrogen-bond donors (Lipinski definition) is 3. The van der Waals surface area contributed by atoms with Gasteiger partial charge in [-0.15, -0.1) is 16.9 Å². The predicted octanol–water partition coefficient (Wildman–Crippen LogP) is -0.522. The highest BCUT2D eigenvalue weighted by Crippen LogP contribution is 2.40. The molecule has 1 aromatic rings. The molecule has 0 radical (unpaired) electrons. The van der Waals surface area contributed by atoms with Crippen molar-refractivity contribution in [1.82, 2.24) is 20.3 Å². The van der Waals surface area contributed by atoms with Gasteiger partial charge in [-0.25, -0.2) is 4.79 Å². The van der Waals surface area contributed by atoms with Gasteiger partial charge in [0.05, 0.1) is 6.20 Å². The normalized spacial score (nSPS) is 25.4. The Hall–Kier alpha value is -1.52. The van der Waals surface area contributed by atoms with Crippen LogP contribution in [0.5, 0.6) is 0 Å². The molecule has 1 amide bonds. The maximum absolute atomic E-state index is 11.7. The average Bonchev–Trinajstić information content (AvgIpc) is 2.96. The summed E-state index contributed by atoms with van der Waals surface area (Å²) in [4.78, 5) is 24.5. The Balaban J connectivity index is 1.82. The SMILES string of the molecule is N[C@@H]1C(=O)N2C(C(=O)O)=C(CSc3cn[nH]n3)CS[C@H]12. The molecule has 8 nitrogen and oxygen atoms in total. The summed E-state index contributed by atoms with van der Waals surface area (Å²) >= 11 is 2.87. The molecule has 3 heterocycles. The van der Waals surface area contributed by atoms with Crippen molar-refractivity contribution in [3.05, 3.63) is 17.5 Å². The van der Waals surface area contributed by atoms with Crippen LogP contribution >= 0.6 is 23.5 Å². The molecule has 1 aromatic heterocycles. The molecule has 106 valence electrons.